The van der Waals surface area contributed by atoms with E-state index in [9.17, 15) is 14.7 Å². The number of ether oxygens (including phenoxy) is 1. The van der Waals surface area contributed by atoms with Crippen LogP contribution in [-0.2, 0) is 14.3 Å². The summed E-state index contributed by atoms with van der Waals surface area (Å²) in [5.74, 6) is -0.291. The van der Waals surface area contributed by atoms with Crippen molar-refractivity contribution in [3.05, 3.63) is 10.6 Å². The number of carbonyl (C=O) groups excluding carboxylic acids is 2. The highest BCUT2D eigenvalue weighted by Crippen LogP contribution is 2.38. The van der Waals surface area contributed by atoms with E-state index in [2.05, 4.69) is 0 Å². The van der Waals surface area contributed by atoms with Crippen LogP contribution in [0.3, 0.4) is 0 Å². The molecule has 19 heavy (non-hydrogen) atoms. The number of esters is 1. The lowest BCUT2D eigenvalue weighted by Crippen LogP contribution is -2.70. The van der Waals surface area contributed by atoms with Crippen molar-refractivity contribution in [3.8, 4) is 0 Å². The molecule has 1 saturated heterocycles. The van der Waals surface area contributed by atoms with Crippen LogP contribution in [0.2, 0.25) is 0 Å². The van der Waals surface area contributed by atoms with E-state index in [1.807, 2.05) is 0 Å². The Bertz CT molecular complexity index is 455. The molecule has 1 amide bonds. The Morgan fingerprint density at radius 2 is 2.21 bits per heavy atom. The second-order valence-corrected chi connectivity index (χ2v) is 6.66. The fraction of sp³-hybridized carbons (Fsp3) is 0.667. The van der Waals surface area contributed by atoms with Crippen molar-refractivity contribution in [2.45, 2.75) is 38.5 Å². The van der Waals surface area contributed by atoms with Gasteiger partial charge >= 0.3 is 5.97 Å². The lowest BCUT2D eigenvalue weighted by molar-refractivity contribution is -0.159. The van der Waals surface area contributed by atoms with Crippen LogP contribution < -0.4 is 5.73 Å². The zero-order valence-corrected chi connectivity index (χ0v) is 12.0. The van der Waals surface area contributed by atoms with Gasteiger partial charge in [0.15, 0.2) is 0 Å². The number of carbonyl (C=O) groups is 2. The highest BCUT2D eigenvalue weighted by molar-refractivity contribution is 8.03. The number of fused-ring (bicyclic) bond motifs is 1. The fourth-order valence-electron chi connectivity index (χ4n) is 2.07. The summed E-state index contributed by atoms with van der Waals surface area (Å²) in [6, 6.07) is -0.750. The van der Waals surface area contributed by atoms with Gasteiger partial charge in [0.2, 0.25) is 5.91 Å². The molecule has 0 aromatic rings. The molecule has 2 rings (SSSR count). The Labute approximate surface area is 116 Å². The Morgan fingerprint density at radius 1 is 1.58 bits per heavy atom. The number of aliphatic hydroxyl groups excluding tert-OH is 1. The first-order valence-corrected chi connectivity index (χ1v) is 7.03. The van der Waals surface area contributed by atoms with E-state index in [0.717, 1.165) is 0 Å². The third kappa shape index (κ3) is 2.50. The third-order valence-corrected chi connectivity index (χ3v) is 4.12. The predicted molar refractivity (Wildman–Crippen MR) is 71.0 cm³/mol. The fourth-order valence-corrected chi connectivity index (χ4v) is 3.21. The second-order valence-electron chi connectivity index (χ2n) is 5.54. The Morgan fingerprint density at radius 3 is 2.74 bits per heavy atom. The maximum absolute atomic E-state index is 12.2. The normalized spacial score (nSPS) is 27.0. The maximum Gasteiger partial charge on any atom is 0.356 e. The highest BCUT2D eigenvalue weighted by Gasteiger charge is 2.51. The van der Waals surface area contributed by atoms with Crippen LogP contribution in [0.1, 0.15) is 20.8 Å². The van der Waals surface area contributed by atoms with Gasteiger partial charge in [-0.25, -0.2) is 4.79 Å². The van der Waals surface area contributed by atoms with Crippen molar-refractivity contribution in [2.75, 3.05) is 12.4 Å². The number of β-lactam (4-membered cyclic amide) rings is 1. The first-order valence-electron chi connectivity index (χ1n) is 6.05. The number of hydrogen-bond donors (Lipinski definition) is 2. The largest absolute Gasteiger partial charge is 0.455 e. The molecule has 1 fully saturated rings. The quantitative estimate of drug-likeness (QED) is 0.540. The average molecular weight is 286 g/mol. The molecule has 0 radical (unpaired) electrons. The predicted octanol–water partition coefficient (Wildman–Crippen LogP) is -0.183. The minimum Gasteiger partial charge on any atom is -0.455 e. The lowest BCUT2D eigenvalue weighted by atomic mass is 9.96. The molecule has 2 aliphatic rings. The molecule has 2 atom stereocenters. The molecule has 0 bridgehead atoms. The van der Waals surface area contributed by atoms with E-state index < -0.39 is 17.6 Å². The minimum absolute atomic E-state index is 0.144. The van der Waals surface area contributed by atoms with Crippen molar-refractivity contribution in [2.24, 2.45) is 5.73 Å². The number of amides is 1. The summed E-state index contributed by atoms with van der Waals surface area (Å²) in [7, 11) is 0. The number of thioether (sulfide) groups is 1. The van der Waals surface area contributed by atoms with Gasteiger partial charge < -0.3 is 15.6 Å². The van der Waals surface area contributed by atoms with Gasteiger partial charge in [-0.2, -0.15) is 0 Å². The number of aliphatic hydroxyl groups is 1. The minimum atomic E-state index is -0.654. The molecule has 2 heterocycles. The van der Waals surface area contributed by atoms with Crippen LogP contribution in [0.25, 0.3) is 0 Å². The van der Waals surface area contributed by atoms with Crippen molar-refractivity contribution < 1.29 is 19.4 Å². The molecular formula is C12H18N2O4S. The molecule has 3 N–H and O–H groups in total. The SMILES string of the molecule is CC(C)(C)OC(=O)C1=C(CO)SCC2C(N)C(=O)N12. The van der Waals surface area contributed by atoms with E-state index in [4.69, 9.17) is 10.5 Å². The van der Waals surface area contributed by atoms with E-state index in [-0.39, 0.29) is 24.3 Å². The number of nitrogens with two attached hydrogens (primary N) is 1. The van der Waals surface area contributed by atoms with Crippen LogP contribution in [0.4, 0.5) is 0 Å². The summed E-state index contributed by atoms with van der Waals surface area (Å²) in [5, 5.41) is 9.33. The smallest absolute Gasteiger partial charge is 0.356 e. The molecule has 0 aromatic carbocycles. The van der Waals surface area contributed by atoms with Gasteiger partial charge in [0.05, 0.1) is 12.6 Å². The summed E-state index contributed by atoms with van der Waals surface area (Å²) >= 11 is 1.35. The third-order valence-electron chi connectivity index (χ3n) is 2.94. The molecule has 0 spiro atoms. The molecule has 6 nitrogen and oxygen atoms in total. The van der Waals surface area contributed by atoms with Crippen LogP contribution in [0.5, 0.6) is 0 Å². The van der Waals surface area contributed by atoms with Crippen molar-refractivity contribution in [1.82, 2.24) is 4.90 Å². The Hall–Kier alpha value is -1.05. The van der Waals surface area contributed by atoms with Crippen molar-refractivity contribution in [1.29, 1.82) is 0 Å². The van der Waals surface area contributed by atoms with E-state index in [1.54, 1.807) is 20.8 Å². The zero-order chi connectivity index (χ0) is 14.4. The maximum atomic E-state index is 12.2. The first-order chi connectivity index (χ1) is 8.76. The van der Waals surface area contributed by atoms with Crippen LogP contribution in [-0.4, -0.2) is 51.9 Å². The second kappa shape index (κ2) is 4.81. The van der Waals surface area contributed by atoms with Gasteiger partial charge in [-0.3, -0.25) is 9.69 Å². The van der Waals surface area contributed by atoms with Crippen molar-refractivity contribution >= 4 is 23.6 Å². The van der Waals surface area contributed by atoms with Crippen LogP contribution in [0, 0.1) is 0 Å². The van der Waals surface area contributed by atoms with Gasteiger partial charge in [-0.15, -0.1) is 11.8 Å². The lowest BCUT2D eigenvalue weighted by Gasteiger charge is -2.48. The standard InChI is InChI=1S/C12H18N2O4S/c1-12(2,3)18-11(17)9-7(4-15)19-5-6-8(13)10(16)14(6)9/h6,8,15H,4-5,13H2,1-3H3. The van der Waals surface area contributed by atoms with Crippen LogP contribution in [0.15, 0.2) is 10.6 Å². The monoisotopic (exact) mass is 286 g/mol. The average Bonchev–Trinajstić information content (AvgIpc) is 2.33. The number of rotatable bonds is 2. The van der Waals surface area contributed by atoms with Gasteiger partial charge in [0.25, 0.3) is 0 Å². The zero-order valence-electron chi connectivity index (χ0n) is 11.2. The van der Waals surface area contributed by atoms with E-state index in [0.29, 0.717) is 10.7 Å². The molecule has 0 saturated carbocycles. The van der Waals surface area contributed by atoms with E-state index in [1.165, 1.54) is 16.7 Å². The molecule has 2 unspecified atom stereocenters. The van der Waals surface area contributed by atoms with Crippen molar-refractivity contribution in [3.63, 3.8) is 0 Å². The Balaban J connectivity index is 2.30. The molecule has 2 aliphatic heterocycles. The van der Waals surface area contributed by atoms with Gasteiger partial charge in [0.1, 0.15) is 17.3 Å². The number of hydrogen-bond acceptors (Lipinski definition) is 6. The van der Waals surface area contributed by atoms with Crippen LogP contribution >= 0.6 is 11.8 Å². The van der Waals surface area contributed by atoms with Gasteiger partial charge in [-0.1, -0.05) is 0 Å². The summed E-state index contributed by atoms with van der Waals surface area (Å²) in [5.41, 5.74) is 5.20. The van der Waals surface area contributed by atoms with E-state index >= 15 is 0 Å². The molecular weight excluding hydrogens is 268 g/mol. The molecule has 7 heteroatoms. The summed E-state index contributed by atoms with van der Waals surface area (Å²) < 4.78 is 5.29. The summed E-state index contributed by atoms with van der Waals surface area (Å²) in [6.45, 7) is 4.97. The molecule has 0 aliphatic carbocycles. The van der Waals surface area contributed by atoms with Gasteiger partial charge in [-0.05, 0) is 20.8 Å². The number of nitrogens with zero attached hydrogens (tertiary/aromatic N) is 1. The summed E-state index contributed by atoms with van der Waals surface area (Å²) in [4.78, 5) is 25.8. The first kappa shape index (κ1) is 14.4. The summed E-state index contributed by atoms with van der Waals surface area (Å²) in [6.07, 6.45) is 0. The highest BCUT2D eigenvalue weighted by atomic mass is 32.2. The Kier molecular flexibility index (Phi) is 3.63. The topological polar surface area (TPSA) is 92.9 Å². The molecule has 106 valence electrons. The molecule has 0 aromatic heterocycles. The van der Waals surface area contributed by atoms with Gasteiger partial charge in [0, 0.05) is 10.7 Å².